The van der Waals surface area contributed by atoms with E-state index in [2.05, 4.69) is 31.4 Å². The standard InChI is InChI=1S/C12H12BrNO3S/c1-18(15,16)17-14-11-7-12(4-5-12)10-6-8(13)2-3-9(10)11/h2-3,6H,4-5,7H2,1H3/b14-11-. The lowest BCUT2D eigenvalue weighted by Crippen LogP contribution is -2.03. The fraction of sp³-hybridized carbons (Fsp3) is 0.417. The zero-order valence-electron chi connectivity index (χ0n) is 9.81. The Morgan fingerprint density at radius 3 is 2.72 bits per heavy atom. The van der Waals surface area contributed by atoms with E-state index >= 15 is 0 Å². The monoisotopic (exact) mass is 329 g/mol. The second-order valence-electron chi connectivity index (χ2n) is 4.96. The number of halogens is 1. The van der Waals surface area contributed by atoms with Crippen LogP contribution in [0.5, 0.6) is 0 Å². The maximum Gasteiger partial charge on any atom is 0.325 e. The lowest BCUT2D eigenvalue weighted by molar-refractivity contribution is 0.342. The topological polar surface area (TPSA) is 55.7 Å². The normalized spacial score (nSPS) is 22.2. The molecule has 0 aliphatic heterocycles. The lowest BCUT2D eigenvalue weighted by Gasteiger charge is -2.06. The van der Waals surface area contributed by atoms with Crippen LogP contribution in [0.3, 0.4) is 0 Å². The van der Waals surface area contributed by atoms with Gasteiger partial charge in [-0.05, 0) is 30.5 Å². The first-order valence-electron chi connectivity index (χ1n) is 5.66. The van der Waals surface area contributed by atoms with Gasteiger partial charge in [0.2, 0.25) is 0 Å². The molecule has 1 aromatic carbocycles. The van der Waals surface area contributed by atoms with Crippen LogP contribution in [0, 0.1) is 0 Å². The van der Waals surface area contributed by atoms with Crippen molar-refractivity contribution in [3.05, 3.63) is 33.8 Å². The Hall–Kier alpha value is -0.880. The van der Waals surface area contributed by atoms with Gasteiger partial charge < -0.3 is 0 Å². The molecule has 2 aliphatic rings. The maximum absolute atomic E-state index is 11.0. The van der Waals surface area contributed by atoms with Gasteiger partial charge in [0, 0.05) is 21.9 Å². The van der Waals surface area contributed by atoms with Crippen molar-refractivity contribution in [1.82, 2.24) is 0 Å². The molecular formula is C12H12BrNO3S. The van der Waals surface area contributed by atoms with E-state index in [0.29, 0.717) is 0 Å². The highest BCUT2D eigenvalue weighted by Crippen LogP contribution is 2.57. The van der Waals surface area contributed by atoms with Crippen molar-refractivity contribution in [2.24, 2.45) is 5.16 Å². The predicted molar refractivity (Wildman–Crippen MR) is 72.1 cm³/mol. The molecule has 0 unspecified atom stereocenters. The Morgan fingerprint density at radius 2 is 2.11 bits per heavy atom. The van der Waals surface area contributed by atoms with Crippen LogP contribution in [0.25, 0.3) is 0 Å². The van der Waals surface area contributed by atoms with Crippen LogP contribution in [0.15, 0.2) is 27.8 Å². The minimum absolute atomic E-state index is 0.179. The van der Waals surface area contributed by atoms with Crippen LogP contribution in [-0.4, -0.2) is 20.4 Å². The van der Waals surface area contributed by atoms with Crippen molar-refractivity contribution in [3.63, 3.8) is 0 Å². The number of hydrogen-bond acceptors (Lipinski definition) is 4. The van der Waals surface area contributed by atoms with Gasteiger partial charge in [-0.2, -0.15) is 8.42 Å². The number of nitrogens with zero attached hydrogens (tertiary/aromatic N) is 1. The van der Waals surface area contributed by atoms with Gasteiger partial charge in [-0.25, -0.2) is 0 Å². The fourth-order valence-electron chi connectivity index (χ4n) is 2.51. The summed E-state index contributed by atoms with van der Waals surface area (Å²) in [6, 6.07) is 6.01. The Bertz CT molecular complexity index is 647. The second kappa shape index (κ2) is 3.81. The van der Waals surface area contributed by atoms with E-state index in [0.717, 1.165) is 41.3 Å². The quantitative estimate of drug-likeness (QED) is 0.783. The molecule has 3 rings (SSSR count). The highest BCUT2D eigenvalue weighted by molar-refractivity contribution is 9.10. The first kappa shape index (κ1) is 12.2. The average Bonchev–Trinajstić information content (AvgIpc) is 2.97. The molecule has 6 heteroatoms. The van der Waals surface area contributed by atoms with Gasteiger partial charge in [-0.15, -0.1) is 0 Å². The number of oxime groups is 1. The molecule has 1 aromatic rings. The van der Waals surface area contributed by atoms with Crippen LogP contribution in [-0.2, 0) is 19.8 Å². The van der Waals surface area contributed by atoms with E-state index in [1.54, 1.807) is 0 Å². The second-order valence-corrected chi connectivity index (χ2v) is 7.44. The first-order valence-corrected chi connectivity index (χ1v) is 8.27. The summed E-state index contributed by atoms with van der Waals surface area (Å²) in [6.45, 7) is 0. The van der Waals surface area contributed by atoms with E-state index in [1.165, 1.54) is 5.56 Å². The summed E-state index contributed by atoms with van der Waals surface area (Å²) in [5.74, 6) is 0. The van der Waals surface area contributed by atoms with Gasteiger partial charge >= 0.3 is 10.1 Å². The van der Waals surface area contributed by atoms with Crippen molar-refractivity contribution in [1.29, 1.82) is 0 Å². The summed E-state index contributed by atoms with van der Waals surface area (Å²) >= 11 is 3.47. The molecule has 0 aromatic heterocycles. The van der Waals surface area contributed by atoms with Gasteiger partial charge in [-0.1, -0.05) is 27.2 Å². The molecule has 4 nitrogen and oxygen atoms in total. The average molecular weight is 330 g/mol. The molecule has 0 atom stereocenters. The summed E-state index contributed by atoms with van der Waals surface area (Å²) in [5, 5.41) is 3.81. The zero-order valence-corrected chi connectivity index (χ0v) is 12.2. The van der Waals surface area contributed by atoms with E-state index < -0.39 is 10.1 Å². The zero-order chi connectivity index (χ0) is 13.0. The molecule has 1 fully saturated rings. The molecule has 0 bridgehead atoms. The van der Waals surface area contributed by atoms with E-state index in [4.69, 9.17) is 0 Å². The minimum atomic E-state index is -3.54. The van der Waals surface area contributed by atoms with Crippen LogP contribution in [0.4, 0.5) is 0 Å². The van der Waals surface area contributed by atoms with Gasteiger partial charge in [-0.3, -0.25) is 4.28 Å². The largest absolute Gasteiger partial charge is 0.325 e. The molecule has 0 heterocycles. The highest BCUT2D eigenvalue weighted by Gasteiger charge is 2.51. The van der Waals surface area contributed by atoms with Gasteiger partial charge in [0.1, 0.15) is 0 Å². The Labute approximate surface area is 114 Å². The van der Waals surface area contributed by atoms with Crippen LogP contribution >= 0.6 is 15.9 Å². The number of hydrogen-bond donors (Lipinski definition) is 0. The summed E-state index contributed by atoms with van der Waals surface area (Å²) in [5.41, 5.74) is 3.19. The van der Waals surface area contributed by atoms with E-state index in [9.17, 15) is 8.42 Å². The van der Waals surface area contributed by atoms with Crippen LogP contribution in [0.1, 0.15) is 30.4 Å². The SMILES string of the molecule is CS(=O)(=O)O/N=C1/CC2(CC2)c2cc(Br)ccc21. The van der Waals surface area contributed by atoms with Crippen molar-refractivity contribution in [2.45, 2.75) is 24.7 Å². The van der Waals surface area contributed by atoms with Crippen molar-refractivity contribution < 1.29 is 12.7 Å². The predicted octanol–water partition coefficient (Wildman–Crippen LogP) is 2.56. The maximum atomic E-state index is 11.0. The van der Waals surface area contributed by atoms with Gasteiger partial charge in [0.15, 0.2) is 0 Å². The third-order valence-corrected chi connectivity index (χ3v) is 4.34. The smallest absolute Gasteiger partial charge is 0.268 e. The molecule has 1 spiro atoms. The minimum Gasteiger partial charge on any atom is -0.268 e. The summed E-state index contributed by atoms with van der Waals surface area (Å²) in [7, 11) is -3.54. The van der Waals surface area contributed by atoms with E-state index in [1.807, 2.05) is 12.1 Å². The number of benzene rings is 1. The third-order valence-electron chi connectivity index (χ3n) is 3.51. The third kappa shape index (κ3) is 2.07. The Kier molecular flexibility index (Phi) is 2.57. The molecule has 0 amide bonds. The lowest BCUT2D eigenvalue weighted by atomic mass is 9.99. The molecule has 1 saturated carbocycles. The van der Waals surface area contributed by atoms with E-state index in [-0.39, 0.29) is 5.41 Å². The molecular weight excluding hydrogens is 318 g/mol. The van der Waals surface area contributed by atoms with Crippen LogP contribution in [0.2, 0.25) is 0 Å². The summed E-state index contributed by atoms with van der Waals surface area (Å²) in [6.07, 6.45) is 4.04. The molecule has 0 N–H and O–H groups in total. The molecule has 0 radical (unpaired) electrons. The van der Waals surface area contributed by atoms with Crippen molar-refractivity contribution in [2.75, 3.05) is 6.26 Å². The molecule has 2 aliphatic carbocycles. The summed E-state index contributed by atoms with van der Waals surface area (Å²) < 4.78 is 27.6. The number of rotatable bonds is 2. The molecule has 96 valence electrons. The van der Waals surface area contributed by atoms with Gasteiger partial charge in [0.05, 0.1) is 12.0 Å². The molecule has 18 heavy (non-hydrogen) atoms. The number of fused-ring (bicyclic) bond motifs is 2. The Morgan fingerprint density at radius 1 is 1.39 bits per heavy atom. The van der Waals surface area contributed by atoms with Crippen molar-refractivity contribution >= 4 is 31.8 Å². The molecule has 0 saturated heterocycles. The Balaban J connectivity index is 2.02. The highest BCUT2D eigenvalue weighted by atomic mass is 79.9. The fourth-order valence-corrected chi connectivity index (χ4v) is 3.10. The van der Waals surface area contributed by atoms with Gasteiger partial charge in [0.25, 0.3) is 0 Å². The summed E-state index contributed by atoms with van der Waals surface area (Å²) in [4.78, 5) is 0. The van der Waals surface area contributed by atoms with Crippen molar-refractivity contribution in [3.8, 4) is 0 Å². The van der Waals surface area contributed by atoms with Crippen LogP contribution < -0.4 is 0 Å². The first-order chi connectivity index (χ1) is 8.40.